The molecule has 0 fully saturated rings. The number of nitrogens with one attached hydrogen (secondary N) is 1. The Morgan fingerprint density at radius 3 is 2.67 bits per heavy atom. The third-order valence-electron chi connectivity index (χ3n) is 4.35. The van der Waals surface area contributed by atoms with E-state index in [2.05, 4.69) is 4.72 Å². The van der Waals surface area contributed by atoms with E-state index in [4.69, 9.17) is 4.74 Å². The lowest BCUT2D eigenvalue weighted by Crippen LogP contribution is -2.27. The third-order valence-corrected chi connectivity index (χ3v) is 5.72. The molecule has 0 saturated heterocycles. The predicted molar refractivity (Wildman–Crippen MR) is 106 cm³/mol. The van der Waals surface area contributed by atoms with E-state index in [-0.39, 0.29) is 16.9 Å². The lowest BCUT2D eigenvalue weighted by molar-refractivity contribution is -0.118. The Bertz CT molecular complexity index is 954. The van der Waals surface area contributed by atoms with Crippen LogP contribution in [0.1, 0.15) is 32.8 Å². The van der Waals surface area contributed by atoms with E-state index < -0.39 is 10.0 Å². The monoisotopic (exact) mass is 388 g/mol. The van der Waals surface area contributed by atoms with Crippen LogP contribution in [0.4, 0.5) is 11.4 Å². The van der Waals surface area contributed by atoms with Gasteiger partial charge in [0.2, 0.25) is 5.91 Å². The molecule has 1 aliphatic rings. The van der Waals surface area contributed by atoms with Crippen molar-refractivity contribution in [1.29, 1.82) is 0 Å². The van der Waals surface area contributed by atoms with Crippen LogP contribution in [0.3, 0.4) is 0 Å². The number of amides is 1. The van der Waals surface area contributed by atoms with Crippen molar-refractivity contribution in [2.75, 3.05) is 16.2 Å². The summed E-state index contributed by atoms with van der Waals surface area (Å²) in [6, 6.07) is 11.8. The molecule has 2 aromatic carbocycles. The number of sulfonamides is 1. The average Bonchev–Trinajstić information content (AvgIpc) is 3.05. The molecule has 27 heavy (non-hydrogen) atoms. The molecular weight excluding hydrogens is 364 g/mol. The molecule has 0 saturated carbocycles. The Labute approximate surface area is 160 Å². The molecule has 2 aromatic rings. The molecule has 144 valence electrons. The summed E-state index contributed by atoms with van der Waals surface area (Å²) in [6.45, 7) is 6.17. The lowest BCUT2D eigenvalue weighted by Gasteiger charge is -2.17. The second kappa shape index (κ2) is 7.60. The van der Waals surface area contributed by atoms with Crippen molar-refractivity contribution in [3.8, 4) is 5.75 Å². The van der Waals surface area contributed by atoms with Gasteiger partial charge in [0.1, 0.15) is 5.75 Å². The van der Waals surface area contributed by atoms with Crippen LogP contribution in [0.15, 0.2) is 47.4 Å². The number of rotatable bonds is 6. The zero-order chi connectivity index (χ0) is 19.6. The fraction of sp³-hybridized carbons (Fsp3) is 0.350. The maximum absolute atomic E-state index is 12.9. The number of carbonyl (C=O) groups is 1. The number of nitrogens with zero attached hydrogens (tertiary/aromatic N) is 1. The van der Waals surface area contributed by atoms with Gasteiger partial charge in [-0.05, 0) is 56.2 Å². The van der Waals surface area contributed by atoms with E-state index in [1.165, 1.54) is 6.07 Å². The summed E-state index contributed by atoms with van der Waals surface area (Å²) in [7, 11) is -3.77. The zero-order valence-corrected chi connectivity index (χ0v) is 16.5. The molecule has 0 bridgehead atoms. The number of carbonyl (C=O) groups excluding carboxylic acids is 1. The molecular formula is C20H24N2O4S. The van der Waals surface area contributed by atoms with Gasteiger partial charge in [0.05, 0.1) is 16.7 Å². The molecule has 0 spiro atoms. The number of para-hydroxylation sites is 2. The maximum atomic E-state index is 12.9. The van der Waals surface area contributed by atoms with Crippen molar-refractivity contribution in [3.05, 3.63) is 48.0 Å². The molecule has 1 amide bonds. The smallest absolute Gasteiger partial charge is 0.262 e. The number of benzene rings is 2. The molecule has 0 aliphatic carbocycles. The lowest BCUT2D eigenvalue weighted by atomic mass is 10.2. The largest absolute Gasteiger partial charge is 0.489 e. The number of ether oxygens (including phenoxy) is 1. The van der Waals surface area contributed by atoms with Gasteiger partial charge in [-0.3, -0.25) is 9.52 Å². The van der Waals surface area contributed by atoms with Crippen LogP contribution in [-0.4, -0.2) is 27.0 Å². The predicted octanol–water partition coefficient (Wildman–Crippen LogP) is 3.57. The highest BCUT2D eigenvalue weighted by Gasteiger charge is 2.26. The Balaban J connectivity index is 1.88. The summed E-state index contributed by atoms with van der Waals surface area (Å²) in [5.74, 6) is 0.527. The van der Waals surface area contributed by atoms with Crippen LogP contribution >= 0.6 is 0 Å². The fourth-order valence-corrected chi connectivity index (χ4v) is 4.23. The first kappa shape index (κ1) is 19.2. The van der Waals surface area contributed by atoms with Crippen molar-refractivity contribution in [2.24, 2.45) is 0 Å². The molecule has 7 heteroatoms. The van der Waals surface area contributed by atoms with Crippen LogP contribution in [0.25, 0.3) is 0 Å². The van der Waals surface area contributed by atoms with Crippen molar-refractivity contribution in [2.45, 2.75) is 44.6 Å². The highest BCUT2D eigenvalue weighted by atomic mass is 32.2. The van der Waals surface area contributed by atoms with Gasteiger partial charge in [0.15, 0.2) is 0 Å². The first-order chi connectivity index (χ1) is 12.8. The van der Waals surface area contributed by atoms with Crippen molar-refractivity contribution in [1.82, 2.24) is 0 Å². The number of hydrogen-bond acceptors (Lipinski definition) is 4. The van der Waals surface area contributed by atoms with E-state index >= 15 is 0 Å². The van der Waals surface area contributed by atoms with E-state index in [0.29, 0.717) is 30.8 Å². The van der Waals surface area contributed by atoms with Gasteiger partial charge in [0, 0.05) is 18.7 Å². The summed E-state index contributed by atoms with van der Waals surface area (Å²) in [5.41, 5.74) is 2.06. The topological polar surface area (TPSA) is 75.7 Å². The molecule has 0 aromatic heterocycles. The Morgan fingerprint density at radius 2 is 1.96 bits per heavy atom. The quantitative estimate of drug-likeness (QED) is 0.821. The minimum atomic E-state index is -3.77. The second-order valence-corrected chi connectivity index (χ2v) is 8.39. The standard InChI is InChI=1S/C20H24N2O4S/c1-4-20(23)22-12-11-15-13-16(9-10-18(15)22)27(24,25)21-17-7-5-6-8-19(17)26-14(2)3/h5-10,13-14,21H,4,11-12H2,1-3H3. The van der Waals surface area contributed by atoms with Crippen LogP contribution < -0.4 is 14.4 Å². The van der Waals surface area contributed by atoms with Gasteiger partial charge < -0.3 is 9.64 Å². The Morgan fingerprint density at radius 1 is 1.22 bits per heavy atom. The molecule has 0 radical (unpaired) electrons. The zero-order valence-electron chi connectivity index (χ0n) is 15.7. The van der Waals surface area contributed by atoms with E-state index in [1.807, 2.05) is 20.8 Å². The van der Waals surface area contributed by atoms with Crippen molar-refractivity contribution in [3.63, 3.8) is 0 Å². The highest BCUT2D eigenvalue weighted by molar-refractivity contribution is 7.92. The summed E-state index contributed by atoms with van der Waals surface area (Å²) in [4.78, 5) is 13.9. The van der Waals surface area contributed by atoms with Crippen LogP contribution in [-0.2, 0) is 21.2 Å². The third kappa shape index (κ3) is 4.08. The SMILES string of the molecule is CCC(=O)N1CCc2cc(S(=O)(=O)Nc3ccccc3OC(C)C)ccc21. The van der Waals surface area contributed by atoms with Gasteiger partial charge in [-0.25, -0.2) is 8.42 Å². The summed E-state index contributed by atoms with van der Waals surface area (Å²) < 4.78 is 34.0. The summed E-state index contributed by atoms with van der Waals surface area (Å²) in [6.07, 6.45) is 1.00. The molecule has 1 heterocycles. The van der Waals surface area contributed by atoms with Crippen molar-refractivity contribution < 1.29 is 17.9 Å². The van der Waals surface area contributed by atoms with Crippen molar-refractivity contribution >= 4 is 27.3 Å². The molecule has 0 atom stereocenters. The van der Waals surface area contributed by atoms with Gasteiger partial charge >= 0.3 is 0 Å². The molecule has 6 nitrogen and oxygen atoms in total. The summed E-state index contributed by atoms with van der Waals surface area (Å²) >= 11 is 0. The van der Waals surface area contributed by atoms with Gasteiger partial charge in [-0.15, -0.1) is 0 Å². The highest BCUT2D eigenvalue weighted by Crippen LogP contribution is 2.32. The van der Waals surface area contributed by atoms with E-state index in [9.17, 15) is 13.2 Å². The molecule has 1 aliphatic heterocycles. The minimum absolute atomic E-state index is 0.0437. The van der Waals surface area contributed by atoms with E-state index in [0.717, 1.165) is 11.3 Å². The van der Waals surface area contributed by atoms with Crippen LogP contribution in [0, 0.1) is 0 Å². The van der Waals surface area contributed by atoms with Gasteiger partial charge in [-0.1, -0.05) is 19.1 Å². The normalized spacial score (nSPS) is 13.6. The van der Waals surface area contributed by atoms with Crippen LogP contribution in [0.2, 0.25) is 0 Å². The average molecular weight is 388 g/mol. The number of anilines is 2. The maximum Gasteiger partial charge on any atom is 0.262 e. The Kier molecular flexibility index (Phi) is 5.41. The number of fused-ring (bicyclic) bond motifs is 1. The fourth-order valence-electron chi connectivity index (χ4n) is 3.11. The molecule has 0 unspecified atom stereocenters. The Hall–Kier alpha value is -2.54. The second-order valence-electron chi connectivity index (χ2n) is 6.71. The minimum Gasteiger partial charge on any atom is -0.489 e. The van der Waals surface area contributed by atoms with Crippen LogP contribution in [0.5, 0.6) is 5.75 Å². The molecule has 1 N–H and O–H groups in total. The first-order valence-corrected chi connectivity index (χ1v) is 10.5. The molecule has 3 rings (SSSR count). The van der Waals surface area contributed by atoms with Gasteiger partial charge in [0.25, 0.3) is 10.0 Å². The number of hydrogen-bond donors (Lipinski definition) is 1. The first-order valence-electron chi connectivity index (χ1n) is 9.03. The van der Waals surface area contributed by atoms with E-state index in [1.54, 1.807) is 41.3 Å². The summed E-state index contributed by atoms with van der Waals surface area (Å²) in [5, 5.41) is 0. The van der Waals surface area contributed by atoms with Gasteiger partial charge in [-0.2, -0.15) is 0 Å².